The van der Waals surface area contributed by atoms with E-state index in [9.17, 15) is 9.59 Å². The molecule has 7 heteroatoms. The number of carbonyl (C=O) groups is 2. The fourth-order valence-corrected chi connectivity index (χ4v) is 4.93. The smallest absolute Gasteiger partial charge is 0.257 e. The van der Waals surface area contributed by atoms with E-state index < -0.39 is 5.41 Å². The Labute approximate surface area is 183 Å². The van der Waals surface area contributed by atoms with Crippen LogP contribution in [-0.2, 0) is 18.3 Å². The minimum Gasteiger partial charge on any atom is -0.491 e. The average Bonchev–Trinajstić information content (AvgIpc) is 3.11. The summed E-state index contributed by atoms with van der Waals surface area (Å²) >= 11 is 0. The molecule has 2 aromatic rings. The van der Waals surface area contributed by atoms with Crippen LogP contribution in [0.2, 0.25) is 0 Å². The van der Waals surface area contributed by atoms with Crippen molar-refractivity contribution in [2.75, 3.05) is 26.2 Å². The number of aromatic nitrogens is 2. The molecule has 1 unspecified atom stereocenters. The van der Waals surface area contributed by atoms with Gasteiger partial charge in [0.1, 0.15) is 12.4 Å². The van der Waals surface area contributed by atoms with Gasteiger partial charge in [0.15, 0.2) is 0 Å². The van der Waals surface area contributed by atoms with E-state index in [-0.39, 0.29) is 11.8 Å². The van der Waals surface area contributed by atoms with Crippen molar-refractivity contribution in [3.8, 4) is 5.75 Å². The van der Waals surface area contributed by atoms with Crippen LogP contribution in [0.1, 0.15) is 53.7 Å². The zero-order valence-electron chi connectivity index (χ0n) is 18.5. The highest BCUT2D eigenvalue weighted by molar-refractivity contribution is 5.95. The summed E-state index contributed by atoms with van der Waals surface area (Å²) in [4.78, 5) is 28.4. The van der Waals surface area contributed by atoms with Crippen molar-refractivity contribution < 1.29 is 14.3 Å². The first-order valence-corrected chi connectivity index (χ1v) is 11.3. The summed E-state index contributed by atoms with van der Waals surface area (Å²) in [7, 11) is 1.82. The highest BCUT2D eigenvalue weighted by Gasteiger charge is 2.43. The second kappa shape index (κ2) is 9.12. The number of carbonyl (C=O) groups excluding carboxylic acids is 2. The van der Waals surface area contributed by atoms with Crippen LogP contribution >= 0.6 is 0 Å². The van der Waals surface area contributed by atoms with Gasteiger partial charge in [-0.1, -0.05) is 24.6 Å². The summed E-state index contributed by atoms with van der Waals surface area (Å²) in [5.74, 6) is 0.930. The number of hydrogen-bond donors (Lipinski definition) is 1. The van der Waals surface area contributed by atoms with E-state index in [1.165, 1.54) is 5.56 Å². The fourth-order valence-electron chi connectivity index (χ4n) is 4.93. The minimum atomic E-state index is -0.539. The molecular weight excluding hydrogens is 392 g/mol. The van der Waals surface area contributed by atoms with E-state index >= 15 is 0 Å². The molecule has 4 rings (SSSR count). The quantitative estimate of drug-likeness (QED) is 0.764. The van der Waals surface area contributed by atoms with Crippen molar-refractivity contribution in [2.24, 2.45) is 12.5 Å². The maximum atomic E-state index is 13.3. The lowest BCUT2D eigenvalue weighted by Crippen LogP contribution is -2.54. The van der Waals surface area contributed by atoms with Gasteiger partial charge in [-0.2, -0.15) is 5.10 Å². The molecule has 1 N–H and O–H groups in total. The lowest BCUT2D eigenvalue weighted by atomic mass is 9.74. The molecule has 3 heterocycles. The van der Waals surface area contributed by atoms with E-state index in [0.29, 0.717) is 31.8 Å². The molecule has 2 amide bonds. The number of fused-ring (bicyclic) bond motifs is 1. The van der Waals surface area contributed by atoms with Gasteiger partial charge < -0.3 is 15.0 Å². The van der Waals surface area contributed by atoms with Crippen LogP contribution in [0.3, 0.4) is 0 Å². The number of amides is 2. The predicted octanol–water partition coefficient (Wildman–Crippen LogP) is 2.87. The second-order valence-electron chi connectivity index (χ2n) is 8.83. The highest BCUT2D eigenvalue weighted by atomic mass is 16.5. The van der Waals surface area contributed by atoms with Crippen molar-refractivity contribution in [1.82, 2.24) is 20.0 Å². The Bertz CT molecular complexity index is 954. The third-order valence-corrected chi connectivity index (χ3v) is 6.56. The van der Waals surface area contributed by atoms with E-state index in [1.54, 1.807) is 10.9 Å². The molecular formula is C24H32N4O3. The van der Waals surface area contributed by atoms with Gasteiger partial charge in [-0.05, 0) is 50.7 Å². The molecule has 0 radical (unpaired) electrons. The first-order valence-electron chi connectivity index (χ1n) is 11.3. The van der Waals surface area contributed by atoms with E-state index in [1.807, 2.05) is 37.1 Å². The number of para-hydroxylation sites is 1. The summed E-state index contributed by atoms with van der Waals surface area (Å²) in [5, 5.41) is 7.40. The van der Waals surface area contributed by atoms with Crippen molar-refractivity contribution in [1.29, 1.82) is 0 Å². The first-order chi connectivity index (χ1) is 15.0. The van der Waals surface area contributed by atoms with Crippen LogP contribution in [0, 0.1) is 12.3 Å². The van der Waals surface area contributed by atoms with Crippen molar-refractivity contribution in [2.45, 2.75) is 45.4 Å². The summed E-state index contributed by atoms with van der Waals surface area (Å²) in [6, 6.07) is 8.14. The summed E-state index contributed by atoms with van der Waals surface area (Å²) in [5.41, 5.74) is 2.03. The van der Waals surface area contributed by atoms with E-state index in [0.717, 1.165) is 50.0 Å². The van der Waals surface area contributed by atoms with Crippen molar-refractivity contribution in [3.63, 3.8) is 0 Å². The Balaban J connectivity index is 1.51. The Morgan fingerprint density at radius 3 is 2.81 bits per heavy atom. The number of nitrogens with one attached hydrogen (secondary N) is 1. The average molecular weight is 425 g/mol. The monoisotopic (exact) mass is 424 g/mol. The molecule has 1 saturated heterocycles. The molecule has 1 spiro atoms. The zero-order valence-corrected chi connectivity index (χ0v) is 18.5. The molecule has 1 aromatic carbocycles. The van der Waals surface area contributed by atoms with Gasteiger partial charge >= 0.3 is 0 Å². The molecule has 0 saturated carbocycles. The van der Waals surface area contributed by atoms with Gasteiger partial charge in [0.2, 0.25) is 5.91 Å². The van der Waals surface area contributed by atoms with Crippen LogP contribution in [-0.4, -0.2) is 52.7 Å². The molecule has 0 aliphatic carbocycles. The fraction of sp³-hybridized carbons (Fsp3) is 0.542. The van der Waals surface area contributed by atoms with Gasteiger partial charge in [0, 0.05) is 26.3 Å². The number of ether oxygens (including phenoxy) is 1. The van der Waals surface area contributed by atoms with Gasteiger partial charge in [-0.25, -0.2) is 0 Å². The van der Waals surface area contributed by atoms with Crippen molar-refractivity contribution in [3.05, 3.63) is 47.3 Å². The molecule has 2 aliphatic rings. The Hall–Kier alpha value is -2.83. The van der Waals surface area contributed by atoms with E-state index in [4.69, 9.17) is 4.74 Å². The number of hydrogen-bond acceptors (Lipinski definition) is 4. The third kappa shape index (κ3) is 4.60. The predicted molar refractivity (Wildman–Crippen MR) is 118 cm³/mol. The largest absolute Gasteiger partial charge is 0.491 e. The Kier molecular flexibility index (Phi) is 6.30. The molecule has 1 aromatic heterocycles. The molecule has 31 heavy (non-hydrogen) atoms. The SMILES string of the molecule is Cc1nn(C)cc1C(=O)N1CCCC2(CCCCc3ccccc3OCCNC2=O)C1. The zero-order chi connectivity index (χ0) is 21.8. The van der Waals surface area contributed by atoms with Crippen LogP contribution in [0.5, 0.6) is 5.75 Å². The molecule has 1 fully saturated rings. The van der Waals surface area contributed by atoms with Crippen molar-refractivity contribution >= 4 is 11.8 Å². The number of rotatable bonds is 1. The maximum absolute atomic E-state index is 13.3. The minimum absolute atomic E-state index is 0.0270. The van der Waals surface area contributed by atoms with Crippen LogP contribution in [0.25, 0.3) is 0 Å². The number of likely N-dealkylation sites (tertiary alicyclic amines) is 1. The molecule has 166 valence electrons. The van der Waals surface area contributed by atoms with Crippen LogP contribution < -0.4 is 10.1 Å². The normalized spacial score (nSPS) is 22.6. The van der Waals surface area contributed by atoms with Gasteiger partial charge in [-0.3, -0.25) is 14.3 Å². The second-order valence-corrected chi connectivity index (χ2v) is 8.83. The maximum Gasteiger partial charge on any atom is 0.257 e. The summed E-state index contributed by atoms with van der Waals surface area (Å²) in [6.45, 7) is 3.90. The van der Waals surface area contributed by atoms with E-state index in [2.05, 4.69) is 16.5 Å². The van der Waals surface area contributed by atoms with Crippen LogP contribution in [0.15, 0.2) is 30.5 Å². The molecule has 2 aliphatic heterocycles. The molecule has 7 nitrogen and oxygen atoms in total. The summed E-state index contributed by atoms with van der Waals surface area (Å²) < 4.78 is 7.60. The number of piperidine rings is 1. The Morgan fingerprint density at radius 1 is 1.19 bits per heavy atom. The lowest BCUT2D eigenvalue weighted by Gasteiger charge is -2.42. The number of benzene rings is 1. The molecule has 1 atom stereocenters. The van der Waals surface area contributed by atoms with Crippen LogP contribution in [0.4, 0.5) is 0 Å². The van der Waals surface area contributed by atoms with Gasteiger partial charge in [0.25, 0.3) is 5.91 Å². The third-order valence-electron chi connectivity index (χ3n) is 6.56. The number of nitrogens with zero attached hydrogens (tertiary/aromatic N) is 3. The standard InChI is InChI=1S/C24H32N4O3/c1-18-20(16-27(2)26-18)22(29)28-14-7-12-24(17-28)11-6-5-9-19-8-3-4-10-21(19)31-15-13-25-23(24)30/h3-4,8,10,16H,5-7,9,11-15,17H2,1-2H3,(H,25,30). The van der Waals surface area contributed by atoms with Gasteiger partial charge in [-0.15, -0.1) is 0 Å². The Morgan fingerprint density at radius 2 is 2.00 bits per heavy atom. The lowest BCUT2D eigenvalue weighted by molar-refractivity contribution is -0.134. The number of aryl methyl sites for hydroxylation is 3. The summed E-state index contributed by atoms with van der Waals surface area (Å²) in [6.07, 6.45) is 7.07. The highest BCUT2D eigenvalue weighted by Crippen LogP contribution is 2.37. The molecule has 0 bridgehead atoms. The topological polar surface area (TPSA) is 76.5 Å². The van der Waals surface area contributed by atoms with Gasteiger partial charge in [0.05, 0.1) is 23.2 Å². The first kappa shape index (κ1) is 21.4.